The summed E-state index contributed by atoms with van der Waals surface area (Å²) in [4.78, 5) is 14.6. The van der Waals surface area contributed by atoms with Crippen LogP contribution in [-0.2, 0) is 9.47 Å². The van der Waals surface area contributed by atoms with E-state index < -0.39 is 5.82 Å². The van der Waals surface area contributed by atoms with E-state index in [0.717, 1.165) is 12.8 Å². The van der Waals surface area contributed by atoms with E-state index in [1.165, 1.54) is 18.2 Å². The Kier molecular flexibility index (Phi) is 4.99. The molecule has 0 radical (unpaired) electrons. The summed E-state index contributed by atoms with van der Waals surface area (Å²) in [7, 11) is 0. The number of rotatable bonds is 4. The zero-order valence-electron chi connectivity index (χ0n) is 12.7. The number of nitrogens with zero attached hydrogens (tertiary/aromatic N) is 1. The molecule has 0 unspecified atom stereocenters. The first kappa shape index (κ1) is 16.4. The second-order valence-corrected chi connectivity index (χ2v) is 6.18. The lowest BCUT2D eigenvalue weighted by atomic mass is 10.1. The predicted molar refractivity (Wildman–Crippen MR) is 85.1 cm³/mol. The first-order valence-corrected chi connectivity index (χ1v) is 8.09. The van der Waals surface area contributed by atoms with E-state index in [1.807, 2.05) is 0 Å². The van der Waals surface area contributed by atoms with Crippen molar-refractivity contribution < 1.29 is 18.7 Å². The molecule has 1 saturated heterocycles. The van der Waals surface area contributed by atoms with Gasteiger partial charge in [0.05, 0.1) is 30.4 Å². The number of benzene rings is 1. The van der Waals surface area contributed by atoms with Crippen molar-refractivity contribution in [3.8, 4) is 0 Å². The van der Waals surface area contributed by atoms with Gasteiger partial charge in [0, 0.05) is 12.1 Å². The average molecular weight is 340 g/mol. The summed E-state index contributed by atoms with van der Waals surface area (Å²) in [5.74, 6) is -0.670. The molecule has 0 aromatic heterocycles. The van der Waals surface area contributed by atoms with Crippen LogP contribution in [0.4, 0.5) is 4.39 Å². The lowest BCUT2D eigenvalue weighted by Crippen LogP contribution is -2.53. The molecule has 1 aromatic rings. The van der Waals surface area contributed by atoms with Crippen molar-refractivity contribution in [1.82, 2.24) is 4.90 Å². The molecule has 1 aromatic carbocycles. The Morgan fingerprint density at radius 2 is 2.35 bits per heavy atom. The second-order valence-electron chi connectivity index (χ2n) is 5.77. The van der Waals surface area contributed by atoms with Crippen LogP contribution in [-0.4, -0.2) is 48.8 Å². The van der Waals surface area contributed by atoms with Crippen molar-refractivity contribution >= 4 is 17.5 Å². The number of hydrogen-bond donors (Lipinski definition) is 0. The van der Waals surface area contributed by atoms with Crippen molar-refractivity contribution in [1.29, 1.82) is 0 Å². The molecule has 3 rings (SSSR count). The minimum atomic E-state index is -0.526. The van der Waals surface area contributed by atoms with E-state index in [4.69, 9.17) is 21.1 Å². The molecule has 23 heavy (non-hydrogen) atoms. The van der Waals surface area contributed by atoms with Crippen LogP contribution in [0.15, 0.2) is 30.9 Å². The molecule has 2 fully saturated rings. The van der Waals surface area contributed by atoms with Crippen molar-refractivity contribution in [2.75, 3.05) is 19.8 Å². The molecule has 1 saturated carbocycles. The van der Waals surface area contributed by atoms with Gasteiger partial charge < -0.3 is 14.4 Å². The number of morpholine rings is 1. The fourth-order valence-electron chi connectivity index (χ4n) is 3.33. The second kappa shape index (κ2) is 6.99. The normalized spacial score (nSPS) is 26.9. The predicted octanol–water partition coefficient (Wildman–Crippen LogP) is 3.05. The number of carbonyl (C=O) groups is 1. The van der Waals surface area contributed by atoms with Crippen LogP contribution >= 0.6 is 11.6 Å². The molecule has 4 nitrogen and oxygen atoms in total. The molecule has 0 bridgehead atoms. The Hall–Kier alpha value is -1.43. The Labute approximate surface area is 139 Å². The smallest absolute Gasteiger partial charge is 0.254 e. The number of carbonyl (C=O) groups excluding carboxylic acids is 1. The first-order valence-electron chi connectivity index (χ1n) is 7.72. The fourth-order valence-corrected chi connectivity index (χ4v) is 3.51. The molecular formula is C17H19ClFNO3. The van der Waals surface area contributed by atoms with Gasteiger partial charge >= 0.3 is 0 Å². The third kappa shape index (κ3) is 3.27. The van der Waals surface area contributed by atoms with E-state index in [-0.39, 0.29) is 29.2 Å². The van der Waals surface area contributed by atoms with E-state index in [1.54, 1.807) is 11.0 Å². The van der Waals surface area contributed by atoms with Crippen LogP contribution in [0.1, 0.15) is 23.2 Å². The Morgan fingerprint density at radius 1 is 1.52 bits per heavy atom. The molecule has 1 amide bonds. The molecule has 1 aliphatic heterocycles. The number of ether oxygens (including phenoxy) is 2. The van der Waals surface area contributed by atoms with Crippen LogP contribution < -0.4 is 0 Å². The highest BCUT2D eigenvalue weighted by Crippen LogP contribution is 2.33. The highest BCUT2D eigenvalue weighted by atomic mass is 35.5. The van der Waals surface area contributed by atoms with Crippen molar-refractivity contribution in [2.24, 2.45) is 0 Å². The summed E-state index contributed by atoms with van der Waals surface area (Å²) in [5, 5.41) is -0.0423. The van der Waals surface area contributed by atoms with Gasteiger partial charge in [0.1, 0.15) is 11.9 Å². The van der Waals surface area contributed by atoms with E-state index in [9.17, 15) is 9.18 Å². The maximum Gasteiger partial charge on any atom is 0.254 e. The molecular weight excluding hydrogens is 321 g/mol. The molecule has 1 heterocycles. The summed E-state index contributed by atoms with van der Waals surface area (Å²) < 4.78 is 24.9. The lowest BCUT2D eigenvalue weighted by Gasteiger charge is -2.39. The van der Waals surface area contributed by atoms with Gasteiger partial charge in [-0.1, -0.05) is 17.7 Å². The van der Waals surface area contributed by atoms with Crippen LogP contribution in [0.5, 0.6) is 0 Å². The van der Waals surface area contributed by atoms with E-state index >= 15 is 0 Å². The van der Waals surface area contributed by atoms with Crippen LogP contribution in [0.2, 0.25) is 5.02 Å². The fraction of sp³-hybridized carbons (Fsp3) is 0.471. The summed E-state index contributed by atoms with van der Waals surface area (Å²) in [6.45, 7) is 5.11. The van der Waals surface area contributed by atoms with E-state index in [2.05, 4.69) is 6.58 Å². The van der Waals surface area contributed by atoms with Gasteiger partial charge in [0.25, 0.3) is 5.91 Å². The quantitative estimate of drug-likeness (QED) is 0.791. The van der Waals surface area contributed by atoms with Crippen molar-refractivity contribution in [2.45, 2.75) is 31.1 Å². The maximum atomic E-state index is 13.3. The van der Waals surface area contributed by atoms with Crippen molar-refractivity contribution in [3.05, 3.63) is 47.3 Å². The van der Waals surface area contributed by atoms with Crippen LogP contribution in [0.3, 0.4) is 0 Å². The maximum absolute atomic E-state index is 13.3. The third-order valence-corrected chi connectivity index (χ3v) is 4.68. The molecule has 0 N–H and O–H groups in total. The minimum absolute atomic E-state index is 0.0186. The standard InChI is InChI=1S/C17H19ClFNO3/c1-2-8-22-15-6-5-14-16(15)23-9-7-20(14)17(21)11-3-4-13(19)12(18)10-11/h2-4,10,14-16H,1,5-9H2/t14-,15-,16+/m0/s1. The van der Waals surface area contributed by atoms with Crippen LogP contribution in [0, 0.1) is 5.82 Å². The van der Waals surface area contributed by atoms with Gasteiger partial charge in [-0.2, -0.15) is 0 Å². The van der Waals surface area contributed by atoms with Crippen LogP contribution in [0.25, 0.3) is 0 Å². The number of fused-ring (bicyclic) bond motifs is 1. The molecule has 1 aliphatic carbocycles. The van der Waals surface area contributed by atoms with E-state index in [0.29, 0.717) is 25.3 Å². The monoisotopic (exact) mass is 339 g/mol. The van der Waals surface area contributed by atoms with Gasteiger partial charge in [-0.3, -0.25) is 4.79 Å². The zero-order chi connectivity index (χ0) is 16.4. The zero-order valence-corrected chi connectivity index (χ0v) is 13.5. The van der Waals surface area contributed by atoms with Crippen molar-refractivity contribution in [3.63, 3.8) is 0 Å². The minimum Gasteiger partial charge on any atom is -0.372 e. The van der Waals surface area contributed by atoms with Gasteiger partial charge in [-0.15, -0.1) is 6.58 Å². The van der Waals surface area contributed by atoms with Gasteiger partial charge in [0.15, 0.2) is 0 Å². The Morgan fingerprint density at radius 3 is 3.09 bits per heavy atom. The highest BCUT2D eigenvalue weighted by Gasteiger charge is 2.45. The molecule has 6 heteroatoms. The van der Waals surface area contributed by atoms with Gasteiger partial charge in [-0.25, -0.2) is 4.39 Å². The summed E-state index contributed by atoms with van der Waals surface area (Å²) >= 11 is 5.79. The highest BCUT2D eigenvalue weighted by molar-refractivity contribution is 6.31. The molecule has 124 valence electrons. The lowest BCUT2D eigenvalue weighted by molar-refractivity contribution is -0.100. The number of hydrogen-bond acceptors (Lipinski definition) is 3. The molecule has 0 spiro atoms. The Bertz CT molecular complexity index is 610. The molecule has 3 atom stereocenters. The largest absolute Gasteiger partial charge is 0.372 e. The SMILES string of the molecule is C=CCO[C@H]1CC[C@H]2[C@H]1OCCN2C(=O)c1ccc(F)c(Cl)c1. The van der Waals surface area contributed by atoms with Gasteiger partial charge in [-0.05, 0) is 31.0 Å². The average Bonchev–Trinajstić information content (AvgIpc) is 2.98. The third-order valence-electron chi connectivity index (χ3n) is 4.39. The summed E-state index contributed by atoms with van der Waals surface area (Å²) in [5.41, 5.74) is 0.396. The number of halogens is 2. The Balaban J connectivity index is 1.76. The summed E-state index contributed by atoms with van der Waals surface area (Å²) in [6, 6.07) is 4.05. The first-order chi connectivity index (χ1) is 11.1. The summed E-state index contributed by atoms with van der Waals surface area (Å²) in [6.07, 6.45) is 3.23. The molecule has 2 aliphatic rings. The van der Waals surface area contributed by atoms with Gasteiger partial charge in [0.2, 0.25) is 0 Å². The number of amides is 1. The topological polar surface area (TPSA) is 38.8 Å².